The number of allylic oxidation sites excluding steroid dienone is 1. The van der Waals surface area contributed by atoms with E-state index in [4.69, 9.17) is 23.7 Å². The Kier molecular flexibility index (Phi) is 18.0. The summed E-state index contributed by atoms with van der Waals surface area (Å²) < 4.78 is 29.9. The van der Waals surface area contributed by atoms with E-state index in [2.05, 4.69) is 46.0 Å². The third-order valence-electron chi connectivity index (χ3n) is 19.5. The highest BCUT2D eigenvalue weighted by Crippen LogP contribution is 2.67. The number of benzene rings is 3. The lowest BCUT2D eigenvalue weighted by Crippen LogP contribution is -2.51. The largest absolute Gasteiger partial charge is 0.497 e. The first-order valence-electron chi connectivity index (χ1n) is 28.3. The number of carbonyl (C=O) groups excluding carboxylic acids is 2. The number of nitrogens with one attached hydrogen (secondary N) is 1. The van der Waals surface area contributed by atoms with E-state index in [-0.39, 0.29) is 36.7 Å². The maximum Gasteiger partial charge on any atom is 0.407 e. The number of methoxy groups -OCH3 is 3. The number of ether oxygens (including phenoxy) is 5. The molecule has 1 aliphatic heterocycles. The lowest BCUT2D eigenvalue weighted by atomic mass is 9.47. The number of amides is 2. The van der Waals surface area contributed by atoms with Gasteiger partial charge in [0.1, 0.15) is 29.0 Å². The molecule has 0 bridgehead atoms. The van der Waals surface area contributed by atoms with Gasteiger partial charge in [-0.2, -0.15) is 0 Å². The molecule has 0 spiro atoms. The van der Waals surface area contributed by atoms with Gasteiger partial charge in [0.25, 0.3) is 0 Å². The van der Waals surface area contributed by atoms with Gasteiger partial charge in [0.15, 0.2) is 0 Å². The lowest BCUT2D eigenvalue weighted by Gasteiger charge is -2.58. The Morgan fingerprint density at radius 3 is 1.89 bits per heavy atom. The third kappa shape index (κ3) is 11.8. The van der Waals surface area contributed by atoms with E-state index in [0.29, 0.717) is 44.3 Å². The fourth-order valence-corrected chi connectivity index (χ4v) is 14.9. The molecule has 3 saturated carbocycles. The second-order valence-corrected chi connectivity index (χ2v) is 24.0. The number of aliphatic hydroxyl groups excluding tert-OH is 1. The number of rotatable bonds is 22. The molecule has 3 aromatic rings. The van der Waals surface area contributed by atoms with Crippen LogP contribution in [0.3, 0.4) is 0 Å². The van der Waals surface area contributed by atoms with Crippen LogP contribution >= 0.6 is 0 Å². The first-order chi connectivity index (χ1) is 35.2. The molecule has 5 aliphatic rings. The predicted molar refractivity (Wildman–Crippen MR) is 290 cm³/mol. The lowest BCUT2D eigenvalue weighted by molar-refractivity contribution is -0.137. The zero-order chi connectivity index (χ0) is 51.8. The monoisotopic (exact) mass is 1000 g/mol. The van der Waals surface area contributed by atoms with Gasteiger partial charge in [0.2, 0.25) is 5.91 Å². The van der Waals surface area contributed by atoms with Gasteiger partial charge >= 0.3 is 6.09 Å². The van der Waals surface area contributed by atoms with Crippen LogP contribution in [0, 0.1) is 51.8 Å². The van der Waals surface area contributed by atoms with Gasteiger partial charge in [-0.25, -0.2) is 4.79 Å². The Bertz CT molecular complexity index is 2170. The number of carbonyl (C=O) groups is 2. The van der Waals surface area contributed by atoms with Crippen molar-refractivity contribution in [2.24, 2.45) is 51.8 Å². The van der Waals surface area contributed by atoms with Gasteiger partial charge in [-0.15, -0.1) is 0 Å². The summed E-state index contributed by atoms with van der Waals surface area (Å²) in [5.74, 6) is 7.23. The molecule has 0 radical (unpaired) electrons. The normalized spacial score (nSPS) is 27.0. The summed E-state index contributed by atoms with van der Waals surface area (Å²) in [6.45, 7) is 14.3. The molecule has 73 heavy (non-hydrogen) atoms. The molecule has 4 aliphatic carbocycles. The molecule has 10 heteroatoms. The Labute approximate surface area is 438 Å². The van der Waals surface area contributed by atoms with E-state index in [1.807, 2.05) is 77.7 Å². The van der Waals surface area contributed by atoms with Crippen LogP contribution in [0.25, 0.3) is 0 Å². The second kappa shape index (κ2) is 24.0. The molecule has 1 saturated heterocycles. The van der Waals surface area contributed by atoms with Gasteiger partial charge in [-0.05, 0) is 170 Å². The minimum atomic E-state index is -1.05. The first kappa shape index (κ1) is 54.7. The summed E-state index contributed by atoms with van der Waals surface area (Å²) in [4.78, 5) is 28.6. The van der Waals surface area contributed by atoms with Crippen molar-refractivity contribution >= 4 is 12.0 Å². The quantitative estimate of drug-likeness (QED) is 0.0581. The van der Waals surface area contributed by atoms with Crippen molar-refractivity contribution in [3.63, 3.8) is 0 Å². The van der Waals surface area contributed by atoms with E-state index in [1.54, 1.807) is 26.9 Å². The van der Waals surface area contributed by atoms with Crippen molar-refractivity contribution in [3.8, 4) is 17.2 Å². The minimum Gasteiger partial charge on any atom is -0.497 e. The van der Waals surface area contributed by atoms with E-state index in [0.717, 1.165) is 108 Å². The highest BCUT2D eigenvalue weighted by Gasteiger charge is 2.59. The topological polar surface area (TPSA) is 116 Å². The number of unbranched alkanes of at least 4 members (excludes halogenated alkanes) is 2. The van der Waals surface area contributed by atoms with Crippen LogP contribution in [0.2, 0.25) is 0 Å². The Balaban J connectivity index is 0.780. The molecule has 8 atom stereocenters. The maximum atomic E-state index is 13.5. The summed E-state index contributed by atoms with van der Waals surface area (Å²) >= 11 is 0. The molecule has 2 N–H and O–H groups in total. The van der Waals surface area contributed by atoms with Crippen LogP contribution in [0.1, 0.15) is 160 Å². The molecular weight excluding hydrogens is 913 g/mol. The Morgan fingerprint density at radius 2 is 1.33 bits per heavy atom. The average molecular weight is 1000 g/mol. The molecule has 10 nitrogen and oxygen atoms in total. The molecule has 0 aromatic heterocycles. The smallest absolute Gasteiger partial charge is 0.407 e. The number of likely N-dealkylation sites (tertiary alicyclic amines) is 1. The SMILES string of the molecule is COc1ccc(C(OCC2(CO)CCN(C(=O)CCCCCNC(=O)OC3CC[C@@]4(C)C(=CC[C@H]5[C@@H]6CC[C@H]([C@H](C)CCCC(C)C)[C@@]6(C)CC[C@@H]54)C3)CC2)(c2ccc(OC)cc2)c2ccc(OC)cc2)cc1. The van der Waals surface area contributed by atoms with Crippen molar-refractivity contribution < 1.29 is 38.4 Å². The fourth-order valence-electron chi connectivity index (χ4n) is 14.9. The van der Waals surface area contributed by atoms with Crippen molar-refractivity contribution in [3.05, 3.63) is 101 Å². The summed E-state index contributed by atoms with van der Waals surface area (Å²) in [5.41, 5.74) is 3.38. The summed E-state index contributed by atoms with van der Waals surface area (Å²) in [6.07, 6.45) is 20.1. The fraction of sp³-hybridized carbons (Fsp3) is 0.651. The van der Waals surface area contributed by atoms with Gasteiger partial charge in [0, 0.05) is 37.9 Å². The van der Waals surface area contributed by atoms with Crippen LogP contribution in [-0.2, 0) is 19.9 Å². The van der Waals surface area contributed by atoms with E-state index in [9.17, 15) is 14.7 Å². The van der Waals surface area contributed by atoms with E-state index in [1.165, 1.54) is 51.4 Å². The number of piperidine rings is 1. The van der Waals surface area contributed by atoms with Crippen molar-refractivity contribution in [1.82, 2.24) is 10.2 Å². The number of hydrogen-bond acceptors (Lipinski definition) is 8. The minimum absolute atomic E-state index is 0.0635. The van der Waals surface area contributed by atoms with Crippen molar-refractivity contribution in [1.29, 1.82) is 0 Å². The highest BCUT2D eigenvalue weighted by molar-refractivity contribution is 5.76. The van der Waals surface area contributed by atoms with Gasteiger partial charge in [-0.3, -0.25) is 4.79 Å². The maximum absolute atomic E-state index is 13.5. The Hall–Kier alpha value is -4.54. The van der Waals surface area contributed by atoms with Crippen LogP contribution < -0.4 is 19.5 Å². The summed E-state index contributed by atoms with van der Waals surface area (Å²) in [5, 5.41) is 14.1. The zero-order valence-electron chi connectivity index (χ0n) is 45.9. The molecule has 4 fully saturated rings. The number of alkyl carbamates (subject to hydrolysis) is 1. The van der Waals surface area contributed by atoms with Crippen LogP contribution in [0.5, 0.6) is 17.2 Å². The summed E-state index contributed by atoms with van der Waals surface area (Å²) in [6, 6.07) is 23.8. The van der Waals surface area contributed by atoms with Crippen LogP contribution in [0.4, 0.5) is 4.79 Å². The van der Waals surface area contributed by atoms with Gasteiger partial charge in [-0.1, -0.05) is 108 Å². The van der Waals surface area contributed by atoms with E-state index >= 15 is 0 Å². The Morgan fingerprint density at radius 1 is 0.726 bits per heavy atom. The number of hydrogen-bond donors (Lipinski definition) is 2. The van der Waals surface area contributed by atoms with Crippen molar-refractivity contribution in [2.75, 3.05) is 54.2 Å². The van der Waals surface area contributed by atoms with Gasteiger partial charge < -0.3 is 39.0 Å². The molecule has 1 unspecified atom stereocenters. The second-order valence-electron chi connectivity index (χ2n) is 24.0. The number of nitrogens with zero attached hydrogens (tertiary/aromatic N) is 1. The first-order valence-corrected chi connectivity index (χ1v) is 28.3. The molecule has 400 valence electrons. The number of aliphatic hydroxyl groups is 1. The average Bonchev–Trinajstić information content (AvgIpc) is 3.77. The molecule has 1 heterocycles. The molecule has 3 aromatic carbocycles. The molecule has 8 rings (SSSR count). The van der Waals surface area contributed by atoms with E-state index < -0.39 is 11.0 Å². The molecule has 2 amide bonds. The standard InChI is InChI=1S/C63H90N2O8/c1-44(2)13-12-14-45(3)55-30-31-56-54-29-22-49-41-53(32-34-60(49,4)57(54)33-35-61(55,56)5)73-59(68)64-38-11-9-10-15-58(67)65-39-36-62(42-66,37-40-65)43-72-63(46-16-23-50(69-6)24-17-46,47-18-25-51(70-7)26-19-47)48-20-27-52(71-8)28-21-48/h16-28,44-45,53-57,66H,9-15,29-43H2,1-8H3,(H,64,68)/t45-,53?,54+,55-,56+,57+,60+,61-/m1/s1. The predicted octanol–water partition coefficient (Wildman–Crippen LogP) is 13.3. The van der Waals surface area contributed by atoms with Crippen LogP contribution in [0.15, 0.2) is 84.4 Å². The van der Waals surface area contributed by atoms with Gasteiger partial charge in [0.05, 0.1) is 34.5 Å². The summed E-state index contributed by atoms with van der Waals surface area (Å²) in [7, 11) is 4.96. The zero-order valence-corrected chi connectivity index (χ0v) is 45.9. The van der Waals surface area contributed by atoms with Crippen molar-refractivity contribution in [2.45, 2.75) is 155 Å². The molecular formula is C63H90N2O8. The number of fused-ring (bicyclic) bond motifs is 5. The van der Waals surface area contributed by atoms with Crippen LogP contribution in [-0.4, -0.2) is 82.3 Å². The third-order valence-corrected chi connectivity index (χ3v) is 19.5. The highest BCUT2D eigenvalue weighted by atomic mass is 16.6.